The zero-order valence-electron chi connectivity index (χ0n) is 10.8. The highest BCUT2D eigenvalue weighted by Crippen LogP contribution is 2.33. The summed E-state index contributed by atoms with van der Waals surface area (Å²) in [5, 5.41) is 0.740. The number of ether oxygens (including phenoxy) is 2. The van der Waals surface area contributed by atoms with Crippen LogP contribution in [0.2, 0.25) is 15.1 Å². The summed E-state index contributed by atoms with van der Waals surface area (Å²) >= 11 is 17.4. The van der Waals surface area contributed by atoms with E-state index in [1.165, 1.54) is 12.1 Å². The molecule has 0 saturated carbocycles. The third-order valence-electron chi connectivity index (χ3n) is 2.28. The second-order valence-corrected chi connectivity index (χ2v) is 5.16. The van der Waals surface area contributed by atoms with Crippen molar-refractivity contribution in [2.45, 2.75) is 26.2 Å². The van der Waals surface area contributed by atoms with E-state index in [0.29, 0.717) is 6.42 Å². The summed E-state index contributed by atoms with van der Waals surface area (Å²) in [6.07, 6.45) is 1.72. The van der Waals surface area contributed by atoms with Crippen molar-refractivity contribution in [2.24, 2.45) is 0 Å². The summed E-state index contributed by atoms with van der Waals surface area (Å²) in [6, 6.07) is 2.79. The lowest BCUT2D eigenvalue weighted by Gasteiger charge is -2.08. The van der Waals surface area contributed by atoms with Gasteiger partial charge in [-0.1, -0.05) is 48.1 Å². The predicted octanol–water partition coefficient (Wildman–Crippen LogP) is 4.29. The van der Waals surface area contributed by atoms with Crippen LogP contribution >= 0.6 is 34.8 Å². The number of benzene rings is 1. The van der Waals surface area contributed by atoms with E-state index in [1.807, 2.05) is 6.92 Å². The number of carbonyl (C=O) groups is 2. The van der Waals surface area contributed by atoms with E-state index in [9.17, 15) is 9.59 Å². The van der Waals surface area contributed by atoms with E-state index in [0.717, 1.165) is 6.42 Å². The van der Waals surface area contributed by atoms with Crippen molar-refractivity contribution < 1.29 is 19.1 Å². The predicted molar refractivity (Wildman–Crippen MR) is 77.6 cm³/mol. The summed E-state index contributed by atoms with van der Waals surface area (Å²) in [4.78, 5) is 22.6. The van der Waals surface area contributed by atoms with Gasteiger partial charge in [-0.05, 0) is 12.5 Å². The van der Waals surface area contributed by atoms with Gasteiger partial charge < -0.3 is 9.47 Å². The molecule has 1 aromatic rings. The van der Waals surface area contributed by atoms with Crippen LogP contribution in [0, 0.1) is 0 Å². The standard InChI is InChI=1S/C13H13Cl3O4/c1-2-3-4-12(17)20-13(18)7-19-11-6-9(15)8(14)5-10(11)16/h5-6H,2-4,7H2,1H3. The Morgan fingerprint density at radius 3 is 2.35 bits per heavy atom. The van der Waals surface area contributed by atoms with Gasteiger partial charge in [0.2, 0.25) is 0 Å². The maximum absolute atomic E-state index is 11.4. The Labute approximate surface area is 131 Å². The van der Waals surface area contributed by atoms with E-state index in [1.54, 1.807) is 0 Å². The Morgan fingerprint density at radius 2 is 1.70 bits per heavy atom. The van der Waals surface area contributed by atoms with Crippen LogP contribution in [0.15, 0.2) is 12.1 Å². The van der Waals surface area contributed by atoms with Crippen LogP contribution in [-0.2, 0) is 14.3 Å². The zero-order valence-corrected chi connectivity index (χ0v) is 13.0. The first-order chi connectivity index (χ1) is 9.43. The summed E-state index contributed by atoms with van der Waals surface area (Å²) in [6.45, 7) is 1.50. The largest absolute Gasteiger partial charge is 0.480 e. The Kier molecular flexibility index (Phi) is 7.13. The Morgan fingerprint density at radius 1 is 1.05 bits per heavy atom. The quantitative estimate of drug-likeness (QED) is 0.441. The van der Waals surface area contributed by atoms with E-state index in [2.05, 4.69) is 4.74 Å². The molecule has 0 spiro atoms. The monoisotopic (exact) mass is 338 g/mol. The molecule has 0 saturated heterocycles. The summed E-state index contributed by atoms with van der Waals surface area (Å²) in [7, 11) is 0. The fourth-order valence-corrected chi connectivity index (χ4v) is 1.87. The molecule has 1 aromatic carbocycles. The van der Waals surface area contributed by atoms with Crippen LogP contribution in [0.25, 0.3) is 0 Å². The lowest BCUT2D eigenvalue weighted by Crippen LogP contribution is -2.19. The SMILES string of the molecule is CCCCC(=O)OC(=O)COc1cc(Cl)c(Cl)cc1Cl. The molecule has 7 heteroatoms. The molecular formula is C13H13Cl3O4. The molecule has 0 fully saturated rings. The third kappa shape index (κ3) is 5.57. The van der Waals surface area contributed by atoms with Gasteiger partial charge in [0.05, 0.1) is 15.1 Å². The minimum atomic E-state index is -0.784. The van der Waals surface area contributed by atoms with Gasteiger partial charge in [-0.25, -0.2) is 4.79 Å². The molecule has 0 unspecified atom stereocenters. The average Bonchev–Trinajstić information content (AvgIpc) is 2.39. The van der Waals surface area contributed by atoms with Gasteiger partial charge in [0.1, 0.15) is 5.75 Å². The molecule has 4 nitrogen and oxygen atoms in total. The number of halogens is 3. The van der Waals surface area contributed by atoms with Crippen molar-refractivity contribution in [3.05, 3.63) is 27.2 Å². The van der Waals surface area contributed by atoms with E-state index in [4.69, 9.17) is 39.5 Å². The summed E-state index contributed by atoms with van der Waals surface area (Å²) < 4.78 is 9.70. The molecule has 0 heterocycles. The van der Waals surface area contributed by atoms with Gasteiger partial charge in [0, 0.05) is 12.5 Å². The Hall–Kier alpha value is -0.970. The molecule has 0 radical (unpaired) electrons. The van der Waals surface area contributed by atoms with Gasteiger partial charge in [-0.3, -0.25) is 4.79 Å². The number of hydrogen-bond acceptors (Lipinski definition) is 4. The van der Waals surface area contributed by atoms with Crippen molar-refractivity contribution in [3.63, 3.8) is 0 Å². The zero-order chi connectivity index (χ0) is 15.1. The Balaban J connectivity index is 2.49. The van der Waals surface area contributed by atoms with E-state index >= 15 is 0 Å². The molecule has 20 heavy (non-hydrogen) atoms. The molecule has 0 aromatic heterocycles. The van der Waals surface area contributed by atoms with Gasteiger partial charge in [0.25, 0.3) is 0 Å². The molecule has 0 aliphatic rings. The van der Waals surface area contributed by atoms with Gasteiger partial charge in [-0.2, -0.15) is 0 Å². The normalized spacial score (nSPS) is 10.2. The third-order valence-corrected chi connectivity index (χ3v) is 3.30. The summed E-state index contributed by atoms with van der Waals surface area (Å²) in [5.41, 5.74) is 0. The van der Waals surface area contributed by atoms with Crippen LogP contribution in [0.3, 0.4) is 0 Å². The minimum absolute atomic E-state index is 0.194. The number of hydrogen-bond donors (Lipinski definition) is 0. The van der Waals surface area contributed by atoms with E-state index in [-0.39, 0.29) is 27.2 Å². The van der Waals surface area contributed by atoms with Crippen LogP contribution in [0.4, 0.5) is 0 Å². The van der Waals surface area contributed by atoms with Crippen molar-refractivity contribution in [3.8, 4) is 5.75 Å². The first-order valence-corrected chi connectivity index (χ1v) is 7.08. The van der Waals surface area contributed by atoms with Crippen LogP contribution < -0.4 is 4.74 Å². The molecule has 0 aliphatic heterocycles. The molecule has 110 valence electrons. The van der Waals surface area contributed by atoms with Crippen molar-refractivity contribution in [2.75, 3.05) is 6.61 Å². The summed E-state index contributed by atoms with van der Waals surface area (Å²) in [5.74, 6) is -1.16. The first-order valence-electron chi connectivity index (χ1n) is 5.95. The molecule has 0 N–H and O–H groups in total. The van der Waals surface area contributed by atoms with Crippen molar-refractivity contribution in [1.29, 1.82) is 0 Å². The molecule has 0 atom stereocenters. The number of rotatable bonds is 6. The van der Waals surface area contributed by atoms with E-state index < -0.39 is 18.5 Å². The molecule has 0 bridgehead atoms. The highest BCUT2D eigenvalue weighted by molar-refractivity contribution is 6.43. The second kappa shape index (κ2) is 8.35. The van der Waals surface area contributed by atoms with Crippen LogP contribution in [-0.4, -0.2) is 18.5 Å². The highest BCUT2D eigenvalue weighted by atomic mass is 35.5. The highest BCUT2D eigenvalue weighted by Gasteiger charge is 2.13. The molecular weight excluding hydrogens is 326 g/mol. The fraction of sp³-hybridized carbons (Fsp3) is 0.385. The number of esters is 2. The van der Waals surface area contributed by atoms with Gasteiger partial charge in [-0.15, -0.1) is 0 Å². The smallest absolute Gasteiger partial charge is 0.351 e. The molecule has 1 rings (SSSR count). The van der Waals surface area contributed by atoms with Crippen LogP contribution in [0.5, 0.6) is 5.75 Å². The maximum atomic E-state index is 11.4. The van der Waals surface area contributed by atoms with Crippen molar-refractivity contribution in [1.82, 2.24) is 0 Å². The van der Waals surface area contributed by atoms with Crippen molar-refractivity contribution >= 4 is 46.7 Å². The minimum Gasteiger partial charge on any atom is -0.480 e. The van der Waals surface area contributed by atoms with Gasteiger partial charge in [0.15, 0.2) is 6.61 Å². The lowest BCUT2D eigenvalue weighted by atomic mass is 10.2. The number of carbonyl (C=O) groups excluding carboxylic acids is 2. The molecule has 0 aliphatic carbocycles. The lowest BCUT2D eigenvalue weighted by molar-refractivity contribution is -0.161. The second-order valence-electron chi connectivity index (χ2n) is 3.94. The fourth-order valence-electron chi connectivity index (χ4n) is 1.28. The Bertz CT molecular complexity index is 503. The average molecular weight is 340 g/mol. The topological polar surface area (TPSA) is 52.6 Å². The number of unbranched alkanes of at least 4 members (excludes halogenated alkanes) is 1. The first kappa shape index (κ1) is 17.1. The van der Waals surface area contributed by atoms with Crippen LogP contribution in [0.1, 0.15) is 26.2 Å². The molecule has 0 amide bonds. The van der Waals surface area contributed by atoms with Gasteiger partial charge >= 0.3 is 11.9 Å². The maximum Gasteiger partial charge on any atom is 0.351 e.